The maximum atomic E-state index is 13.3. The van der Waals surface area contributed by atoms with Crippen molar-refractivity contribution in [2.45, 2.75) is 6.54 Å². The number of rotatable bonds is 4. The summed E-state index contributed by atoms with van der Waals surface area (Å²) < 4.78 is 19.6. The maximum Gasteiger partial charge on any atom is 0.160 e. The first-order chi connectivity index (χ1) is 9.51. The molecule has 0 radical (unpaired) electrons. The summed E-state index contributed by atoms with van der Waals surface area (Å²) in [5.74, 6) is 0.152. The minimum atomic E-state index is -0.612. The zero-order valence-corrected chi connectivity index (χ0v) is 13.6. The second-order valence-corrected chi connectivity index (χ2v) is 5.79. The third-order valence-corrected chi connectivity index (χ3v) is 3.75. The van der Waals surface area contributed by atoms with Crippen molar-refractivity contribution < 1.29 is 9.13 Å². The molecule has 0 aliphatic heterocycles. The molecule has 0 heterocycles. The van der Waals surface area contributed by atoms with Crippen LogP contribution in [0.3, 0.4) is 0 Å². The molecule has 0 fully saturated rings. The Morgan fingerprint density at radius 2 is 1.85 bits per heavy atom. The minimum Gasteiger partial charge on any atom is -0.496 e. The Labute approximate surface area is 135 Å². The number of hydrogen-bond donors (Lipinski definition) is 1. The molecule has 2 rings (SSSR count). The Morgan fingerprint density at radius 3 is 2.45 bits per heavy atom. The van der Waals surface area contributed by atoms with Crippen LogP contribution in [-0.4, -0.2) is 7.11 Å². The largest absolute Gasteiger partial charge is 0.496 e. The molecule has 2 aromatic carbocycles. The smallest absolute Gasteiger partial charge is 0.160 e. The van der Waals surface area contributed by atoms with Crippen LogP contribution in [0.4, 0.5) is 10.1 Å². The molecule has 0 unspecified atom stereocenters. The molecule has 0 atom stereocenters. The number of ether oxygens (including phenoxy) is 1. The summed E-state index contributed by atoms with van der Waals surface area (Å²) >= 11 is 14.9. The van der Waals surface area contributed by atoms with E-state index in [9.17, 15) is 4.39 Å². The van der Waals surface area contributed by atoms with Crippen molar-refractivity contribution in [1.82, 2.24) is 0 Å². The molecule has 20 heavy (non-hydrogen) atoms. The van der Waals surface area contributed by atoms with E-state index >= 15 is 0 Å². The van der Waals surface area contributed by atoms with Gasteiger partial charge in [0.15, 0.2) is 5.82 Å². The Hall–Kier alpha value is -0.970. The molecule has 0 saturated heterocycles. The van der Waals surface area contributed by atoms with Gasteiger partial charge in [-0.15, -0.1) is 0 Å². The van der Waals surface area contributed by atoms with Crippen molar-refractivity contribution in [2.24, 2.45) is 0 Å². The fraction of sp³-hybridized carbons (Fsp3) is 0.143. The van der Waals surface area contributed by atoms with Crippen LogP contribution < -0.4 is 10.1 Å². The lowest BCUT2D eigenvalue weighted by Crippen LogP contribution is -2.02. The average molecular weight is 379 g/mol. The predicted octanol–water partition coefficient (Wildman–Crippen LogP) is 5.52. The van der Waals surface area contributed by atoms with Crippen LogP contribution in [0.2, 0.25) is 10.0 Å². The molecule has 1 N–H and O–H groups in total. The summed E-state index contributed by atoms with van der Waals surface area (Å²) in [5.41, 5.74) is 1.60. The van der Waals surface area contributed by atoms with Gasteiger partial charge in [-0.05, 0) is 30.3 Å². The number of methoxy groups -OCH3 is 1. The summed E-state index contributed by atoms with van der Waals surface area (Å²) in [4.78, 5) is 0. The molecule has 2 nitrogen and oxygen atoms in total. The highest BCUT2D eigenvalue weighted by atomic mass is 79.9. The van der Waals surface area contributed by atoms with Gasteiger partial charge in [-0.25, -0.2) is 4.39 Å². The number of nitrogens with one attached hydrogen (secondary N) is 1. The number of anilines is 1. The zero-order valence-electron chi connectivity index (χ0n) is 10.5. The maximum absolute atomic E-state index is 13.3. The monoisotopic (exact) mass is 377 g/mol. The fourth-order valence-corrected chi connectivity index (χ4v) is 2.64. The molecule has 0 aliphatic carbocycles. The molecule has 106 valence electrons. The van der Waals surface area contributed by atoms with Gasteiger partial charge in [0.2, 0.25) is 0 Å². The molecular formula is C14H11BrCl2FNO. The van der Waals surface area contributed by atoms with Crippen molar-refractivity contribution in [3.63, 3.8) is 0 Å². The first-order valence-corrected chi connectivity index (χ1v) is 7.27. The molecular weight excluding hydrogens is 368 g/mol. The third kappa shape index (κ3) is 3.57. The van der Waals surface area contributed by atoms with Gasteiger partial charge in [-0.1, -0.05) is 39.1 Å². The number of halogens is 4. The summed E-state index contributed by atoms with van der Waals surface area (Å²) in [6, 6.07) is 8.69. The average Bonchev–Trinajstić information content (AvgIpc) is 2.42. The van der Waals surface area contributed by atoms with Crippen LogP contribution in [0.5, 0.6) is 5.75 Å². The third-order valence-electron chi connectivity index (χ3n) is 2.71. The van der Waals surface area contributed by atoms with Gasteiger partial charge in [0, 0.05) is 22.3 Å². The Balaban J connectivity index is 2.18. The lowest BCUT2D eigenvalue weighted by molar-refractivity contribution is 0.410. The number of benzene rings is 2. The lowest BCUT2D eigenvalue weighted by Gasteiger charge is -2.12. The molecule has 0 amide bonds. The SMILES string of the molecule is COc1ccc(Br)cc1CNc1cc(Cl)c(F)c(Cl)c1. The highest BCUT2D eigenvalue weighted by Gasteiger charge is 2.08. The van der Waals surface area contributed by atoms with Gasteiger partial charge in [0.05, 0.1) is 17.2 Å². The van der Waals surface area contributed by atoms with E-state index in [1.54, 1.807) is 7.11 Å². The predicted molar refractivity (Wildman–Crippen MR) is 84.4 cm³/mol. The highest BCUT2D eigenvalue weighted by molar-refractivity contribution is 9.10. The minimum absolute atomic E-state index is 0.0128. The van der Waals surface area contributed by atoms with Crippen molar-refractivity contribution in [2.75, 3.05) is 12.4 Å². The van der Waals surface area contributed by atoms with Crippen molar-refractivity contribution >= 4 is 44.8 Å². The van der Waals surface area contributed by atoms with Crippen LogP contribution in [-0.2, 0) is 6.54 Å². The summed E-state index contributed by atoms with van der Waals surface area (Å²) in [6.45, 7) is 0.501. The van der Waals surface area contributed by atoms with E-state index in [1.165, 1.54) is 12.1 Å². The van der Waals surface area contributed by atoms with Crippen LogP contribution >= 0.6 is 39.1 Å². The van der Waals surface area contributed by atoms with E-state index in [0.717, 1.165) is 15.8 Å². The normalized spacial score (nSPS) is 10.4. The van der Waals surface area contributed by atoms with Crippen molar-refractivity contribution in [3.05, 3.63) is 56.2 Å². The van der Waals surface area contributed by atoms with E-state index in [0.29, 0.717) is 12.2 Å². The van der Waals surface area contributed by atoms with Crippen LogP contribution in [0.15, 0.2) is 34.8 Å². The van der Waals surface area contributed by atoms with E-state index in [-0.39, 0.29) is 10.0 Å². The Morgan fingerprint density at radius 1 is 1.20 bits per heavy atom. The van der Waals surface area contributed by atoms with Gasteiger partial charge >= 0.3 is 0 Å². The lowest BCUT2D eigenvalue weighted by atomic mass is 10.2. The van der Waals surface area contributed by atoms with Crippen LogP contribution in [0.1, 0.15) is 5.56 Å². The van der Waals surface area contributed by atoms with Gasteiger partial charge < -0.3 is 10.1 Å². The summed E-state index contributed by atoms with van der Waals surface area (Å²) in [7, 11) is 1.61. The standard InChI is InChI=1S/C14H11BrCl2FNO/c1-20-13-3-2-9(15)4-8(13)7-19-10-5-11(16)14(18)12(17)6-10/h2-6,19H,7H2,1H3. The second-order valence-electron chi connectivity index (χ2n) is 4.06. The van der Waals surface area contributed by atoms with E-state index < -0.39 is 5.82 Å². The topological polar surface area (TPSA) is 21.3 Å². The Kier molecular flexibility index (Phi) is 5.13. The van der Waals surface area contributed by atoms with Crippen molar-refractivity contribution in [3.8, 4) is 5.75 Å². The second kappa shape index (κ2) is 6.66. The molecule has 0 aliphatic rings. The molecule has 2 aromatic rings. The Bertz CT molecular complexity index is 614. The molecule has 0 spiro atoms. The summed E-state index contributed by atoms with van der Waals surface area (Å²) in [6.07, 6.45) is 0. The van der Waals surface area contributed by atoms with Gasteiger partial charge in [0.25, 0.3) is 0 Å². The van der Waals surface area contributed by atoms with Crippen molar-refractivity contribution in [1.29, 1.82) is 0 Å². The summed E-state index contributed by atoms with van der Waals surface area (Å²) in [5, 5.41) is 3.11. The van der Waals surface area contributed by atoms with Gasteiger partial charge in [-0.2, -0.15) is 0 Å². The quantitative estimate of drug-likeness (QED) is 0.707. The highest BCUT2D eigenvalue weighted by Crippen LogP contribution is 2.29. The zero-order chi connectivity index (χ0) is 14.7. The molecule has 0 saturated carbocycles. The molecule has 6 heteroatoms. The van der Waals surface area contributed by atoms with Crippen LogP contribution in [0.25, 0.3) is 0 Å². The van der Waals surface area contributed by atoms with E-state index in [2.05, 4.69) is 21.2 Å². The first kappa shape index (κ1) is 15.4. The fourth-order valence-electron chi connectivity index (χ4n) is 1.74. The van der Waals surface area contributed by atoms with E-state index in [4.69, 9.17) is 27.9 Å². The first-order valence-electron chi connectivity index (χ1n) is 5.72. The van der Waals surface area contributed by atoms with E-state index in [1.807, 2.05) is 18.2 Å². The molecule has 0 bridgehead atoms. The number of hydrogen-bond acceptors (Lipinski definition) is 2. The molecule has 0 aromatic heterocycles. The van der Waals surface area contributed by atoms with Crippen LogP contribution in [0, 0.1) is 5.82 Å². The van der Waals surface area contributed by atoms with Gasteiger partial charge in [-0.3, -0.25) is 0 Å². The van der Waals surface area contributed by atoms with Gasteiger partial charge in [0.1, 0.15) is 5.75 Å².